The average molecular weight is 400 g/mol. The Labute approximate surface area is 161 Å². The van der Waals surface area contributed by atoms with Crippen molar-refractivity contribution in [3.63, 3.8) is 0 Å². The fourth-order valence-electron chi connectivity index (χ4n) is 2.93. The summed E-state index contributed by atoms with van der Waals surface area (Å²) in [5.74, 6) is 0.357. The van der Waals surface area contributed by atoms with Crippen molar-refractivity contribution in [1.82, 2.24) is 10.2 Å². The van der Waals surface area contributed by atoms with Crippen LogP contribution in [0.1, 0.15) is 24.2 Å². The van der Waals surface area contributed by atoms with E-state index in [0.717, 1.165) is 12.8 Å². The van der Waals surface area contributed by atoms with Crippen molar-refractivity contribution in [2.45, 2.75) is 26.0 Å². The second-order valence-electron chi connectivity index (χ2n) is 7.14. The minimum atomic E-state index is -3.43. The Balaban J connectivity index is 2.38. The first-order valence-corrected chi connectivity index (χ1v) is 10.8. The maximum atomic E-state index is 12.9. The van der Waals surface area contributed by atoms with Crippen LogP contribution in [-0.4, -0.2) is 71.5 Å². The highest BCUT2D eigenvalue weighted by Gasteiger charge is 2.25. The number of likely N-dealkylation sites (N-methyl/N-ethyl adjacent to an activating group) is 1. The first-order chi connectivity index (χ1) is 12.6. The molecular weight excluding hydrogens is 370 g/mol. The molecule has 9 heteroatoms. The third-order valence-electron chi connectivity index (χ3n) is 4.53. The summed E-state index contributed by atoms with van der Waals surface area (Å²) in [6, 6.07) is 4.73. The molecule has 0 spiro atoms. The fourth-order valence-corrected chi connectivity index (χ4v) is 3.49. The fraction of sp³-hybridized carbons (Fsp3) is 0.611. The van der Waals surface area contributed by atoms with Crippen molar-refractivity contribution in [2.75, 3.05) is 44.8 Å². The highest BCUT2D eigenvalue weighted by Crippen LogP contribution is 2.26. The zero-order valence-electron chi connectivity index (χ0n) is 16.5. The number of fused-ring (bicyclic) bond motifs is 1. The van der Waals surface area contributed by atoms with Crippen molar-refractivity contribution in [1.29, 1.82) is 0 Å². The molecule has 0 unspecified atom stereocenters. The molecule has 0 aromatic heterocycles. The number of ether oxygens (including phenoxy) is 2. The molecule has 0 bridgehead atoms. The van der Waals surface area contributed by atoms with Crippen LogP contribution in [0.3, 0.4) is 0 Å². The maximum absolute atomic E-state index is 12.9. The van der Waals surface area contributed by atoms with E-state index in [4.69, 9.17) is 9.47 Å². The molecule has 27 heavy (non-hydrogen) atoms. The van der Waals surface area contributed by atoms with E-state index in [1.165, 1.54) is 6.07 Å². The van der Waals surface area contributed by atoms with Gasteiger partial charge in [-0.25, -0.2) is 8.42 Å². The molecule has 0 saturated heterocycles. The lowest BCUT2D eigenvalue weighted by Gasteiger charge is -2.30. The monoisotopic (exact) mass is 399 g/mol. The van der Waals surface area contributed by atoms with Gasteiger partial charge in [0.25, 0.3) is 5.91 Å². The molecule has 0 aliphatic carbocycles. The highest BCUT2D eigenvalue weighted by molar-refractivity contribution is 7.92. The number of methoxy groups -OCH3 is 1. The maximum Gasteiger partial charge on any atom is 0.257 e. The number of carbonyl (C=O) groups excluding carboxylic acids is 1. The number of nitrogens with one attached hydrogen (secondary N) is 2. The van der Waals surface area contributed by atoms with Gasteiger partial charge in [-0.1, -0.05) is 6.92 Å². The van der Waals surface area contributed by atoms with E-state index in [-0.39, 0.29) is 24.0 Å². The summed E-state index contributed by atoms with van der Waals surface area (Å²) in [5.41, 5.74) is 0.731. The zero-order valence-corrected chi connectivity index (χ0v) is 17.3. The van der Waals surface area contributed by atoms with Gasteiger partial charge >= 0.3 is 0 Å². The minimum Gasteiger partial charge on any atom is -0.491 e. The summed E-state index contributed by atoms with van der Waals surface area (Å²) in [4.78, 5) is 14.5. The van der Waals surface area contributed by atoms with Gasteiger partial charge in [-0.3, -0.25) is 9.52 Å². The van der Waals surface area contributed by atoms with Crippen molar-refractivity contribution < 1.29 is 22.7 Å². The van der Waals surface area contributed by atoms with E-state index in [2.05, 4.69) is 17.0 Å². The SMILES string of the molecule is CO[C@H]1CN(C)C(=O)c2ccc(NS(C)(=O)=O)cc2OC[C@@H](C)NC[C@H]1C. The summed E-state index contributed by atoms with van der Waals surface area (Å²) >= 11 is 0. The van der Waals surface area contributed by atoms with Crippen molar-refractivity contribution in [3.05, 3.63) is 23.8 Å². The van der Waals surface area contributed by atoms with E-state index >= 15 is 0 Å². The number of carbonyl (C=O) groups is 1. The van der Waals surface area contributed by atoms with Crippen LogP contribution < -0.4 is 14.8 Å². The summed E-state index contributed by atoms with van der Waals surface area (Å²) in [7, 11) is -0.0600. The number of amides is 1. The van der Waals surface area contributed by atoms with Gasteiger partial charge in [0.2, 0.25) is 10.0 Å². The predicted molar refractivity (Wildman–Crippen MR) is 105 cm³/mol. The van der Waals surface area contributed by atoms with Gasteiger partial charge in [0.15, 0.2) is 0 Å². The van der Waals surface area contributed by atoms with Gasteiger partial charge in [-0.2, -0.15) is 0 Å². The van der Waals surface area contributed by atoms with Crippen LogP contribution in [0.5, 0.6) is 5.75 Å². The van der Waals surface area contributed by atoms with E-state index in [1.54, 1.807) is 31.2 Å². The number of benzene rings is 1. The molecule has 8 nitrogen and oxygen atoms in total. The van der Waals surface area contributed by atoms with E-state index in [0.29, 0.717) is 30.2 Å². The molecule has 1 aliphatic rings. The minimum absolute atomic E-state index is 0.0524. The molecular formula is C18H29N3O5S. The predicted octanol–water partition coefficient (Wildman–Crippen LogP) is 1.15. The van der Waals surface area contributed by atoms with Crippen LogP contribution >= 0.6 is 0 Å². The summed E-state index contributed by atoms with van der Waals surface area (Å²) < 4.78 is 36.8. The number of nitrogens with zero attached hydrogens (tertiary/aromatic N) is 1. The van der Waals surface area contributed by atoms with Gasteiger partial charge in [0.1, 0.15) is 12.4 Å². The first-order valence-electron chi connectivity index (χ1n) is 8.87. The molecule has 0 radical (unpaired) electrons. The summed E-state index contributed by atoms with van der Waals surface area (Å²) in [6.07, 6.45) is 0.971. The highest BCUT2D eigenvalue weighted by atomic mass is 32.2. The standard InChI is InChI=1S/C18H29N3O5S/c1-12-9-19-13(2)11-26-16-8-14(20-27(5,23)24)6-7-15(16)18(22)21(3)10-17(12)25-4/h6-8,12-13,17,19-20H,9-11H2,1-5H3/t12-,13-,17+/m1/s1. The molecule has 1 amide bonds. The topological polar surface area (TPSA) is 97.0 Å². The number of hydrogen-bond donors (Lipinski definition) is 2. The van der Waals surface area contributed by atoms with Crippen molar-refractivity contribution in [2.24, 2.45) is 5.92 Å². The third-order valence-corrected chi connectivity index (χ3v) is 5.14. The Kier molecular flexibility index (Phi) is 7.07. The Morgan fingerprint density at radius 1 is 1.33 bits per heavy atom. The van der Waals surface area contributed by atoms with Gasteiger partial charge < -0.3 is 19.7 Å². The molecule has 2 N–H and O–H groups in total. The van der Waals surface area contributed by atoms with Crippen molar-refractivity contribution >= 4 is 21.6 Å². The van der Waals surface area contributed by atoms with Gasteiger partial charge in [0, 0.05) is 39.4 Å². The van der Waals surface area contributed by atoms with E-state index < -0.39 is 10.0 Å². The quantitative estimate of drug-likeness (QED) is 0.792. The van der Waals surface area contributed by atoms with Gasteiger partial charge in [-0.15, -0.1) is 0 Å². The van der Waals surface area contributed by atoms with E-state index in [1.807, 2.05) is 6.92 Å². The molecule has 0 saturated carbocycles. The van der Waals surface area contributed by atoms with Crippen LogP contribution in [0.4, 0.5) is 5.69 Å². The number of anilines is 1. The van der Waals surface area contributed by atoms with Crippen molar-refractivity contribution in [3.8, 4) is 5.75 Å². The molecule has 3 atom stereocenters. The lowest BCUT2D eigenvalue weighted by molar-refractivity contribution is 0.0281. The Morgan fingerprint density at radius 2 is 2.04 bits per heavy atom. The third kappa shape index (κ3) is 6.08. The van der Waals surface area contributed by atoms with Crippen LogP contribution in [0, 0.1) is 5.92 Å². The molecule has 152 valence electrons. The lowest BCUT2D eigenvalue weighted by atomic mass is 10.0. The van der Waals surface area contributed by atoms with Crippen LogP contribution in [-0.2, 0) is 14.8 Å². The Hall–Kier alpha value is -1.84. The molecule has 1 aromatic carbocycles. The number of sulfonamides is 1. The smallest absolute Gasteiger partial charge is 0.257 e. The average Bonchev–Trinajstić information content (AvgIpc) is 2.59. The second kappa shape index (κ2) is 8.90. The second-order valence-corrected chi connectivity index (χ2v) is 8.89. The number of hydrogen-bond acceptors (Lipinski definition) is 6. The molecule has 2 rings (SSSR count). The molecule has 1 heterocycles. The van der Waals surface area contributed by atoms with Crippen LogP contribution in [0.15, 0.2) is 18.2 Å². The number of rotatable bonds is 3. The normalized spacial score (nSPS) is 25.0. The molecule has 1 aliphatic heterocycles. The van der Waals surface area contributed by atoms with Crippen LogP contribution in [0.2, 0.25) is 0 Å². The Morgan fingerprint density at radius 3 is 2.67 bits per heavy atom. The zero-order chi connectivity index (χ0) is 20.2. The van der Waals surface area contributed by atoms with Crippen LogP contribution in [0.25, 0.3) is 0 Å². The summed E-state index contributed by atoms with van der Waals surface area (Å²) in [6.45, 7) is 5.59. The summed E-state index contributed by atoms with van der Waals surface area (Å²) in [5, 5.41) is 3.40. The van der Waals surface area contributed by atoms with Gasteiger partial charge in [-0.05, 0) is 25.0 Å². The lowest BCUT2D eigenvalue weighted by Crippen LogP contribution is -2.44. The first kappa shape index (κ1) is 21.5. The largest absolute Gasteiger partial charge is 0.491 e. The molecule has 1 aromatic rings. The van der Waals surface area contributed by atoms with E-state index in [9.17, 15) is 13.2 Å². The van der Waals surface area contributed by atoms with Gasteiger partial charge in [0.05, 0.1) is 23.6 Å². The molecule has 0 fully saturated rings. The Bertz CT molecular complexity index is 768.